The number of rotatable bonds is 9. The highest BCUT2D eigenvalue weighted by Gasteiger charge is 2.22. The summed E-state index contributed by atoms with van der Waals surface area (Å²) in [6, 6.07) is 13.2. The van der Waals surface area contributed by atoms with Gasteiger partial charge in [0, 0.05) is 22.7 Å². The van der Waals surface area contributed by atoms with Crippen molar-refractivity contribution in [2.45, 2.75) is 12.6 Å². The molecule has 10 nitrogen and oxygen atoms in total. The molecular formula is C21H25N5O5S. The Morgan fingerprint density at radius 2 is 1.97 bits per heavy atom. The highest BCUT2D eigenvalue weighted by atomic mass is 32.2. The monoisotopic (exact) mass is 459 g/mol. The number of fused-ring (bicyclic) bond motifs is 1. The molecule has 1 heterocycles. The van der Waals surface area contributed by atoms with Crippen molar-refractivity contribution in [1.29, 1.82) is 0 Å². The summed E-state index contributed by atoms with van der Waals surface area (Å²) in [4.78, 5) is 10.8. The molecule has 11 heteroatoms. The number of carbonyl (C=O) groups is 1. The lowest BCUT2D eigenvalue weighted by Crippen LogP contribution is -2.38. The van der Waals surface area contributed by atoms with E-state index in [-0.39, 0.29) is 13.1 Å². The Morgan fingerprint density at radius 3 is 2.59 bits per heavy atom. The second-order valence-corrected chi connectivity index (χ2v) is 9.04. The maximum atomic E-state index is 12.4. The average molecular weight is 460 g/mol. The van der Waals surface area contributed by atoms with Crippen molar-refractivity contribution in [3.05, 3.63) is 60.3 Å². The van der Waals surface area contributed by atoms with Crippen molar-refractivity contribution >= 4 is 38.9 Å². The van der Waals surface area contributed by atoms with E-state index in [9.17, 15) is 18.3 Å². The zero-order valence-corrected chi connectivity index (χ0v) is 18.5. The molecule has 2 aromatic carbocycles. The fraction of sp³-hybridized carbons (Fsp3) is 0.238. The van der Waals surface area contributed by atoms with Gasteiger partial charge in [-0.3, -0.25) is 4.31 Å². The molecule has 3 aromatic rings. The molecular weight excluding hydrogens is 434 g/mol. The number of nitrogens with two attached hydrogens (primary N) is 1. The van der Waals surface area contributed by atoms with Crippen LogP contribution in [0.25, 0.3) is 10.9 Å². The van der Waals surface area contributed by atoms with E-state index in [1.807, 2.05) is 24.3 Å². The summed E-state index contributed by atoms with van der Waals surface area (Å²) >= 11 is 0. The second-order valence-electron chi connectivity index (χ2n) is 7.13. The van der Waals surface area contributed by atoms with Gasteiger partial charge in [-0.05, 0) is 30.3 Å². The van der Waals surface area contributed by atoms with Gasteiger partial charge in [0.05, 0.1) is 44.5 Å². The van der Waals surface area contributed by atoms with Crippen LogP contribution in [0.1, 0.15) is 5.56 Å². The van der Waals surface area contributed by atoms with Gasteiger partial charge in [-0.25, -0.2) is 18.6 Å². The van der Waals surface area contributed by atoms with Crippen molar-refractivity contribution in [2.24, 2.45) is 10.8 Å². The van der Waals surface area contributed by atoms with E-state index in [1.54, 1.807) is 35.0 Å². The molecule has 1 aromatic heterocycles. The fourth-order valence-electron chi connectivity index (χ4n) is 3.35. The summed E-state index contributed by atoms with van der Waals surface area (Å²) in [5.74, 6) is 0.599. The van der Waals surface area contributed by atoms with E-state index in [1.165, 1.54) is 13.3 Å². The van der Waals surface area contributed by atoms with Gasteiger partial charge in [0.2, 0.25) is 10.0 Å². The van der Waals surface area contributed by atoms with Crippen molar-refractivity contribution in [3.8, 4) is 5.75 Å². The Kier molecular flexibility index (Phi) is 7.01. The van der Waals surface area contributed by atoms with Crippen LogP contribution in [-0.4, -0.2) is 56.4 Å². The number of anilines is 1. The largest absolute Gasteiger partial charge is 0.497 e. The van der Waals surface area contributed by atoms with E-state index < -0.39 is 22.2 Å². The number of aliphatic hydroxyl groups excluding tert-OH is 1. The predicted molar refractivity (Wildman–Crippen MR) is 123 cm³/mol. The lowest BCUT2D eigenvalue weighted by molar-refractivity contribution is 0.164. The molecule has 0 spiro atoms. The minimum Gasteiger partial charge on any atom is -0.497 e. The van der Waals surface area contributed by atoms with Crippen LogP contribution in [0, 0.1) is 0 Å². The standard InChI is InChI=1S/C21H25N5O5S/c1-31-18-9-7-16(8-10-18)26(32(2,29)30)14-17(27)13-25-12-15(11-23-24-21(22)28)19-5-3-4-6-20(19)25/h3-12,17,27H,13-14H2,1-2H3,(H3,22,24,28)/b23-11-/t17-/m1/s1. The van der Waals surface area contributed by atoms with Gasteiger partial charge >= 0.3 is 6.03 Å². The molecule has 0 aliphatic rings. The van der Waals surface area contributed by atoms with Crippen LogP contribution in [0.2, 0.25) is 0 Å². The van der Waals surface area contributed by atoms with E-state index in [0.717, 1.165) is 21.5 Å². The Bertz CT molecular complexity index is 1220. The number of sulfonamides is 1. The summed E-state index contributed by atoms with van der Waals surface area (Å²) < 4.78 is 32.8. The Morgan fingerprint density at radius 1 is 1.28 bits per heavy atom. The van der Waals surface area contributed by atoms with Crippen LogP contribution in [-0.2, 0) is 16.6 Å². The molecule has 0 bridgehead atoms. The number of carbonyl (C=O) groups excluding carboxylic acids is 1. The van der Waals surface area contributed by atoms with Crippen LogP contribution >= 0.6 is 0 Å². The number of nitrogens with zero attached hydrogens (tertiary/aromatic N) is 3. The summed E-state index contributed by atoms with van der Waals surface area (Å²) in [5, 5.41) is 15.4. The molecule has 3 rings (SSSR count). The van der Waals surface area contributed by atoms with Gasteiger partial charge in [-0.2, -0.15) is 5.10 Å². The Hall–Kier alpha value is -3.57. The molecule has 0 aliphatic heterocycles. The van der Waals surface area contributed by atoms with Gasteiger partial charge in [0.15, 0.2) is 0 Å². The number of methoxy groups -OCH3 is 1. The lowest BCUT2D eigenvalue weighted by Gasteiger charge is -2.25. The third kappa shape index (κ3) is 5.56. The first kappa shape index (κ1) is 23.1. The molecule has 170 valence electrons. The van der Waals surface area contributed by atoms with Crippen LogP contribution in [0.15, 0.2) is 59.8 Å². The number of primary amides is 1. The topological polar surface area (TPSA) is 139 Å². The van der Waals surface area contributed by atoms with Crippen LogP contribution in [0.4, 0.5) is 10.5 Å². The number of para-hydroxylation sites is 1. The number of urea groups is 1. The van der Waals surface area contributed by atoms with Crippen molar-refractivity contribution in [2.75, 3.05) is 24.2 Å². The van der Waals surface area contributed by atoms with Gasteiger partial charge in [0.1, 0.15) is 5.75 Å². The smallest absolute Gasteiger partial charge is 0.332 e. The van der Waals surface area contributed by atoms with Gasteiger partial charge in [-0.15, -0.1) is 0 Å². The van der Waals surface area contributed by atoms with Crippen LogP contribution in [0.3, 0.4) is 0 Å². The van der Waals surface area contributed by atoms with Crippen LogP contribution in [0.5, 0.6) is 5.75 Å². The molecule has 0 fully saturated rings. The van der Waals surface area contributed by atoms with Gasteiger partial charge in [-0.1, -0.05) is 18.2 Å². The first-order chi connectivity index (χ1) is 15.2. The minimum atomic E-state index is -3.63. The Labute approximate surface area is 185 Å². The number of hydrogen-bond acceptors (Lipinski definition) is 6. The van der Waals surface area contributed by atoms with Crippen molar-refractivity contribution in [1.82, 2.24) is 9.99 Å². The maximum Gasteiger partial charge on any atom is 0.332 e. The van der Waals surface area contributed by atoms with Crippen LogP contribution < -0.4 is 20.2 Å². The minimum absolute atomic E-state index is 0.135. The average Bonchev–Trinajstić information content (AvgIpc) is 3.08. The van der Waals surface area contributed by atoms with Crippen molar-refractivity contribution < 1.29 is 23.1 Å². The molecule has 0 aliphatic carbocycles. The number of nitrogens with one attached hydrogen (secondary N) is 1. The maximum absolute atomic E-state index is 12.4. The molecule has 0 saturated heterocycles. The number of benzene rings is 2. The fourth-order valence-corrected chi connectivity index (χ4v) is 4.30. The molecule has 0 unspecified atom stereocenters. The summed E-state index contributed by atoms with van der Waals surface area (Å²) in [5.41, 5.74) is 9.12. The van der Waals surface area contributed by atoms with E-state index in [0.29, 0.717) is 17.0 Å². The number of aromatic nitrogens is 1. The van der Waals surface area contributed by atoms with Gasteiger partial charge in [0.25, 0.3) is 0 Å². The van der Waals surface area contributed by atoms with Crippen molar-refractivity contribution in [3.63, 3.8) is 0 Å². The summed E-state index contributed by atoms with van der Waals surface area (Å²) in [6.45, 7) is 0.00407. The summed E-state index contributed by atoms with van der Waals surface area (Å²) in [7, 11) is -2.11. The lowest BCUT2D eigenvalue weighted by atomic mass is 10.2. The first-order valence-corrected chi connectivity index (χ1v) is 11.5. The molecule has 1 atom stereocenters. The van der Waals surface area contributed by atoms with Gasteiger partial charge < -0.3 is 20.1 Å². The quantitative estimate of drug-likeness (QED) is 0.329. The highest BCUT2D eigenvalue weighted by Crippen LogP contribution is 2.23. The third-order valence-corrected chi connectivity index (χ3v) is 5.90. The third-order valence-electron chi connectivity index (χ3n) is 4.74. The molecule has 2 amide bonds. The first-order valence-electron chi connectivity index (χ1n) is 9.65. The molecule has 0 radical (unpaired) electrons. The van der Waals surface area contributed by atoms with E-state index in [4.69, 9.17) is 10.5 Å². The zero-order valence-electron chi connectivity index (χ0n) is 17.7. The molecule has 0 saturated carbocycles. The second kappa shape index (κ2) is 9.71. The number of hydrogen-bond donors (Lipinski definition) is 3. The highest BCUT2D eigenvalue weighted by molar-refractivity contribution is 7.92. The number of hydrazone groups is 1. The Balaban J connectivity index is 1.84. The predicted octanol–water partition coefficient (Wildman–Crippen LogP) is 1.48. The normalized spacial score (nSPS) is 12.7. The van der Waals surface area contributed by atoms with E-state index in [2.05, 4.69) is 10.5 Å². The number of aliphatic hydroxyl groups is 1. The SMILES string of the molecule is COc1ccc(N(C[C@H](O)Cn2cc(/C=N\NC(N)=O)c3ccccc32)S(C)(=O)=O)cc1. The summed E-state index contributed by atoms with van der Waals surface area (Å²) in [6.07, 6.45) is 3.31. The zero-order chi connectivity index (χ0) is 23.3. The van der Waals surface area contributed by atoms with E-state index >= 15 is 0 Å². The molecule has 4 N–H and O–H groups in total. The number of ether oxygens (including phenoxy) is 1. The number of amides is 2. The molecule has 32 heavy (non-hydrogen) atoms.